The van der Waals surface area contributed by atoms with Gasteiger partial charge in [-0.25, -0.2) is 0 Å². The van der Waals surface area contributed by atoms with Gasteiger partial charge in [0.25, 0.3) is 5.91 Å². The normalized spacial score (nSPS) is 14.8. The van der Waals surface area contributed by atoms with Crippen LogP contribution in [0.15, 0.2) is 77.2 Å². The summed E-state index contributed by atoms with van der Waals surface area (Å²) in [7, 11) is 1.65. The van der Waals surface area contributed by atoms with Gasteiger partial charge in [-0.2, -0.15) is 0 Å². The Balaban J connectivity index is 1.25. The molecule has 1 aliphatic rings. The first-order chi connectivity index (χ1) is 18.1. The molecule has 1 aromatic heterocycles. The average Bonchev–Trinajstić information content (AvgIpc) is 3.45. The summed E-state index contributed by atoms with van der Waals surface area (Å²) < 4.78 is 16.7. The van der Waals surface area contributed by atoms with E-state index in [1.54, 1.807) is 19.2 Å². The molecule has 1 amide bonds. The van der Waals surface area contributed by atoms with E-state index in [2.05, 4.69) is 32.5 Å². The summed E-state index contributed by atoms with van der Waals surface area (Å²) in [5.74, 6) is 1.55. The first kappa shape index (κ1) is 24.7. The minimum Gasteiger partial charge on any atom is -0.497 e. The smallest absolute Gasteiger partial charge is 0.251 e. The van der Waals surface area contributed by atoms with Crippen molar-refractivity contribution < 1.29 is 18.7 Å². The Kier molecular flexibility index (Phi) is 7.58. The molecule has 37 heavy (non-hydrogen) atoms. The first-order valence-electron chi connectivity index (χ1n) is 12.4. The lowest BCUT2D eigenvalue weighted by molar-refractivity contribution is 0.0162. The van der Waals surface area contributed by atoms with E-state index in [-0.39, 0.29) is 11.9 Å². The standard InChI is InChI=1S/C29H30N4O4/c1-20-3-5-23(6-4-20)28-31-32-29(37-28)24-9-7-22(8-10-24)27(34)30-19-26(33-15-17-36-18-16-33)21-11-13-25(35-2)14-12-21/h3-14,26H,15-19H2,1-2H3,(H,30,34). The Morgan fingerprint density at radius 2 is 1.51 bits per heavy atom. The van der Waals surface area contributed by atoms with E-state index in [9.17, 15) is 4.79 Å². The van der Waals surface area contributed by atoms with Crippen LogP contribution in [0.3, 0.4) is 0 Å². The molecule has 3 aromatic carbocycles. The number of methoxy groups -OCH3 is 1. The summed E-state index contributed by atoms with van der Waals surface area (Å²) in [5, 5.41) is 11.4. The molecule has 190 valence electrons. The van der Waals surface area contributed by atoms with Crippen LogP contribution in [0.2, 0.25) is 0 Å². The number of carbonyl (C=O) groups excluding carboxylic acids is 1. The van der Waals surface area contributed by atoms with Gasteiger partial charge in [-0.15, -0.1) is 10.2 Å². The van der Waals surface area contributed by atoms with Crippen LogP contribution in [0.4, 0.5) is 0 Å². The maximum Gasteiger partial charge on any atom is 0.251 e. The predicted octanol–water partition coefficient (Wildman–Crippen LogP) is 4.52. The molecule has 1 saturated heterocycles. The molecule has 1 atom stereocenters. The zero-order chi connectivity index (χ0) is 25.6. The van der Waals surface area contributed by atoms with E-state index in [1.165, 1.54) is 0 Å². The number of amides is 1. The SMILES string of the molecule is COc1ccc(C(CNC(=O)c2ccc(-c3nnc(-c4ccc(C)cc4)o3)cc2)N2CCOCC2)cc1. The molecular weight excluding hydrogens is 468 g/mol. The van der Waals surface area contributed by atoms with E-state index < -0.39 is 0 Å². The summed E-state index contributed by atoms with van der Waals surface area (Å²) >= 11 is 0. The largest absolute Gasteiger partial charge is 0.497 e. The molecule has 5 rings (SSSR count). The van der Waals surface area contributed by atoms with Gasteiger partial charge < -0.3 is 19.2 Å². The number of nitrogens with one attached hydrogen (secondary N) is 1. The molecule has 0 saturated carbocycles. The zero-order valence-corrected chi connectivity index (χ0v) is 21.0. The van der Waals surface area contributed by atoms with Crippen LogP contribution >= 0.6 is 0 Å². The summed E-state index contributed by atoms with van der Waals surface area (Å²) in [6, 6.07) is 23.2. The molecule has 2 heterocycles. The molecular formula is C29H30N4O4. The number of ether oxygens (including phenoxy) is 2. The molecule has 1 unspecified atom stereocenters. The fourth-order valence-corrected chi connectivity index (χ4v) is 4.38. The second-order valence-electron chi connectivity index (χ2n) is 9.00. The molecule has 0 radical (unpaired) electrons. The number of carbonyl (C=O) groups is 1. The van der Waals surface area contributed by atoms with Crippen LogP contribution in [0.1, 0.15) is 27.5 Å². The Hall–Kier alpha value is -4.01. The summed E-state index contributed by atoms with van der Waals surface area (Å²) in [6.45, 7) is 5.51. The van der Waals surface area contributed by atoms with Crippen LogP contribution in [0.25, 0.3) is 22.9 Å². The van der Waals surface area contributed by atoms with Gasteiger partial charge in [0.1, 0.15) is 5.75 Å². The summed E-state index contributed by atoms with van der Waals surface area (Å²) in [4.78, 5) is 15.3. The number of hydrogen-bond donors (Lipinski definition) is 1. The lowest BCUT2D eigenvalue weighted by atomic mass is 10.0. The minimum absolute atomic E-state index is 0.0385. The van der Waals surface area contributed by atoms with E-state index in [1.807, 2.05) is 55.5 Å². The number of benzene rings is 3. The number of rotatable bonds is 8. The summed E-state index contributed by atoms with van der Waals surface area (Å²) in [5.41, 5.74) is 4.48. The Bertz CT molecular complexity index is 1310. The maximum absolute atomic E-state index is 13.0. The van der Waals surface area contributed by atoms with Crippen LogP contribution < -0.4 is 10.1 Å². The lowest BCUT2D eigenvalue weighted by Gasteiger charge is -2.35. The molecule has 0 bridgehead atoms. The first-order valence-corrected chi connectivity index (χ1v) is 12.4. The van der Waals surface area contributed by atoms with Crippen LogP contribution in [0, 0.1) is 6.92 Å². The molecule has 0 aliphatic carbocycles. The van der Waals surface area contributed by atoms with Crippen molar-refractivity contribution in [2.45, 2.75) is 13.0 Å². The van der Waals surface area contributed by atoms with Gasteiger partial charge in [-0.1, -0.05) is 29.8 Å². The second kappa shape index (κ2) is 11.4. The third-order valence-electron chi connectivity index (χ3n) is 6.56. The highest BCUT2D eigenvalue weighted by Gasteiger charge is 2.23. The summed E-state index contributed by atoms with van der Waals surface area (Å²) in [6.07, 6.45) is 0. The van der Waals surface area contributed by atoms with Gasteiger partial charge in [-0.3, -0.25) is 9.69 Å². The second-order valence-corrected chi connectivity index (χ2v) is 9.00. The van der Waals surface area contributed by atoms with Crippen LogP contribution in [0.5, 0.6) is 5.75 Å². The number of aromatic nitrogens is 2. The Labute approximate surface area is 216 Å². The molecule has 4 aromatic rings. The minimum atomic E-state index is -0.135. The molecule has 1 fully saturated rings. The molecule has 1 N–H and O–H groups in total. The molecule has 8 heteroatoms. The zero-order valence-electron chi connectivity index (χ0n) is 21.0. The van der Waals surface area contributed by atoms with Crippen molar-refractivity contribution in [1.29, 1.82) is 0 Å². The van der Waals surface area contributed by atoms with Crippen molar-refractivity contribution in [2.75, 3.05) is 40.0 Å². The van der Waals surface area contributed by atoms with E-state index in [4.69, 9.17) is 13.9 Å². The average molecular weight is 499 g/mol. The van der Waals surface area contributed by atoms with Gasteiger partial charge >= 0.3 is 0 Å². The highest BCUT2D eigenvalue weighted by atomic mass is 16.5. The fourth-order valence-electron chi connectivity index (χ4n) is 4.38. The molecule has 0 spiro atoms. The number of aryl methyl sites for hydroxylation is 1. The fraction of sp³-hybridized carbons (Fsp3) is 0.276. The molecule has 1 aliphatic heterocycles. The van der Waals surface area contributed by atoms with E-state index >= 15 is 0 Å². The van der Waals surface area contributed by atoms with Gasteiger partial charge in [0, 0.05) is 36.3 Å². The highest BCUT2D eigenvalue weighted by Crippen LogP contribution is 2.26. The van der Waals surface area contributed by atoms with Crippen molar-refractivity contribution in [2.24, 2.45) is 0 Å². The van der Waals surface area contributed by atoms with Crippen molar-refractivity contribution in [3.63, 3.8) is 0 Å². The third kappa shape index (κ3) is 5.87. The molecule has 8 nitrogen and oxygen atoms in total. The maximum atomic E-state index is 13.0. The van der Waals surface area contributed by atoms with Crippen molar-refractivity contribution in [3.05, 3.63) is 89.5 Å². The van der Waals surface area contributed by atoms with E-state index in [0.29, 0.717) is 37.1 Å². The monoisotopic (exact) mass is 498 g/mol. The predicted molar refractivity (Wildman–Crippen MR) is 140 cm³/mol. The lowest BCUT2D eigenvalue weighted by Crippen LogP contribution is -2.43. The topological polar surface area (TPSA) is 89.7 Å². The van der Waals surface area contributed by atoms with Crippen LogP contribution in [-0.2, 0) is 4.74 Å². The Morgan fingerprint density at radius 3 is 2.11 bits per heavy atom. The van der Waals surface area contributed by atoms with Gasteiger partial charge in [0.05, 0.1) is 26.4 Å². The Morgan fingerprint density at radius 1 is 0.919 bits per heavy atom. The van der Waals surface area contributed by atoms with Crippen molar-refractivity contribution in [1.82, 2.24) is 20.4 Å². The number of hydrogen-bond acceptors (Lipinski definition) is 7. The van der Waals surface area contributed by atoms with Crippen molar-refractivity contribution in [3.8, 4) is 28.7 Å². The highest BCUT2D eigenvalue weighted by molar-refractivity contribution is 5.94. The quantitative estimate of drug-likeness (QED) is 0.382. The van der Waals surface area contributed by atoms with Gasteiger partial charge in [0.2, 0.25) is 11.8 Å². The third-order valence-corrected chi connectivity index (χ3v) is 6.56. The van der Waals surface area contributed by atoms with Crippen LogP contribution in [-0.4, -0.2) is 61.0 Å². The van der Waals surface area contributed by atoms with Gasteiger partial charge in [0.15, 0.2) is 0 Å². The number of morpholine rings is 1. The van der Waals surface area contributed by atoms with E-state index in [0.717, 1.165) is 41.1 Å². The van der Waals surface area contributed by atoms with Crippen molar-refractivity contribution >= 4 is 5.91 Å². The number of nitrogens with zero attached hydrogens (tertiary/aromatic N) is 3. The van der Waals surface area contributed by atoms with Gasteiger partial charge in [-0.05, 0) is 61.0 Å².